The largest absolute Gasteiger partial charge is 0.416 e. The number of rotatable bonds is 7. The molecule has 7 rings (SSSR count). The zero-order chi connectivity index (χ0) is 30.5. The average molecular weight is 610 g/mol. The van der Waals surface area contributed by atoms with Crippen LogP contribution in [-0.2, 0) is 11.8 Å². The number of aromatic nitrogens is 4. The molecule has 0 amide bonds. The highest BCUT2D eigenvalue weighted by Gasteiger charge is 2.48. The first-order chi connectivity index (χ1) is 21.2. The third kappa shape index (κ3) is 5.42. The molecule has 44 heavy (non-hydrogen) atoms. The monoisotopic (exact) mass is 609 g/mol. The molecule has 1 aromatic carbocycles. The summed E-state index contributed by atoms with van der Waals surface area (Å²) in [4.78, 5) is 17.7. The number of nitrogens with zero attached hydrogens (tertiary/aromatic N) is 6. The Bertz CT molecular complexity index is 1590. The van der Waals surface area contributed by atoms with Crippen molar-refractivity contribution in [1.29, 1.82) is 0 Å². The van der Waals surface area contributed by atoms with Gasteiger partial charge in [0.2, 0.25) is 0 Å². The van der Waals surface area contributed by atoms with Gasteiger partial charge in [-0.05, 0) is 74.9 Å². The number of halogens is 3. The maximum Gasteiger partial charge on any atom is 0.416 e. The third-order valence-electron chi connectivity index (χ3n) is 9.61. The van der Waals surface area contributed by atoms with E-state index in [1.807, 2.05) is 12.1 Å². The Balaban J connectivity index is 0.946. The third-order valence-corrected chi connectivity index (χ3v) is 9.61. The number of likely N-dealkylation sites (tertiary alicyclic amines) is 2. The number of pyridine rings is 1. The van der Waals surface area contributed by atoms with Crippen LogP contribution in [0.1, 0.15) is 49.8 Å². The Morgan fingerprint density at radius 2 is 1.77 bits per heavy atom. The number of hydrogen-bond acceptors (Lipinski definition) is 10. The zero-order valence-electron chi connectivity index (χ0n) is 24.0. The van der Waals surface area contributed by atoms with Crippen molar-refractivity contribution in [2.45, 2.75) is 74.7 Å². The van der Waals surface area contributed by atoms with Crippen molar-refractivity contribution in [3.8, 4) is 11.4 Å². The molecule has 2 saturated heterocycles. The summed E-state index contributed by atoms with van der Waals surface area (Å²) in [6, 6.07) is 9.62. The van der Waals surface area contributed by atoms with Crippen molar-refractivity contribution in [3.05, 3.63) is 66.2 Å². The van der Waals surface area contributed by atoms with E-state index in [1.54, 1.807) is 24.7 Å². The maximum absolute atomic E-state index is 13.2. The van der Waals surface area contributed by atoms with Crippen LogP contribution in [0.25, 0.3) is 22.4 Å². The van der Waals surface area contributed by atoms with Gasteiger partial charge in [-0.2, -0.15) is 13.2 Å². The van der Waals surface area contributed by atoms with E-state index in [0.29, 0.717) is 36.4 Å². The average Bonchev–Trinajstić information content (AvgIpc) is 3.76. The smallest absolute Gasteiger partial charge is 0.384 e. The Kier molecular flexibility index (Phi) is 7.51. The van der Waals surface area contributed by atoms with Gasteiger partial charge in [0, 0.05) is 55.4 Å². The van der Waals surface area contributed by atoms with Gasteiger partial charge in [-0.3, -0.25) is 14.8 Å². The second-order valence-corrected chi connectivity index (χ2v) is 12.1. The number of alkyl halides is 3. The molecule has 0 bridgehead atoms. The number of aliphatic hydroxyl groups excluding tert-OH is 1. The minimum Gasteiger partial charge on any atom is -0.384 e. The van der Waals surface area contributed by atoms with E-state index in [4.69, 9.17) is 4.52 Å². The van der Waals surface area contributed by atoms with Crippen LogP contribution in [0.4, 0.5) is 19.0 Å². The van der Waals surface area contributed by atoms with Crippen LogP contribution >= 0.6 is 0 Å². The summed E-state index contributed by atoms with van der Waals surface area (Å²) >= 11 is 0. The van der Waals surface area contributed by atoms with Gasteiger partial charge in [0.15, 0.2) is 17.2 Å². The van der Waals surface area contributed by atoms with Crippen molar-refractivity contribution in [2.24, 2.45) is 0 Å². The quantitative estimate of drug-likeness (QED) is 0.278. The molecule has 1 aliphatic carbocycles. The maximum atomic E-state index is 13.2. The summed E-state index contributed by atoms with van der Waals surface area (Å²) in [5.74, 6) is 0.782. The van der Waals surface area contributed by atoms with Gasteiger partial charge in [-0.25, -0.2) is 9.97 Å². The normalized spacial score (nSPS) is 27.1. The summed E-state index contributed by atoms with van der Waals surface area (Å²) in [5.41, 5.74) is -0.0214. The fourth-order valence-corrected chi connectivity index (χ4v) is 7.34. The summed E-state index contributed by atoms with van der Waals surface area (Å²) in [6.45, 7) is 1.76. The summed E-state index contributed by atoms with van der Waals surface area (Å²) in [7, 11) is 0. The number of anilines is 1. The second kappa shape index (κ2) is 11.4. The minimum atomic E-state index is -4.47. The Hall–Kier alpha value is -3.65. The zero-order valence-corrected chi connectivity index (χ0v) is 24.0. The Morgan fingerprint density at radius 1 is 1.00 bits per heavy atom. The second-order valence-electron chi connectivity index (χ2n) is 12.1. The first kappa shape index (κ1) is 29.1. The summed E-state index contributed by atoms with van der Waals surface area (Å²) < 4.78 is 44.8. The number of fused-ring (bicyclic) bond motifs is 2. The lowest BCUT2D eigenvalue weighted by molar-refractivity contribution is -0.137. The number of benzene rings is 1. The van der Waals surface area contributed by atoms with Crippen LogP contribution in [-0.4, -0.2) is 84.1 Å². The van der Waals surface area contributed by atoms with Crippen LogP contribution in [0.3, 0.4) is 0 Å². The molecular formula is C31H34F3N7O3. The minimum absolute atomic E-state index is 0.111. The van der Waals surface area contributed by atoms with E-state index in [9.17, 15) is 23.4 Å². The van der Waals surface area contributed by atoms with Crippen molar-refractivity contribution >= 4 is 16.8 Å². The van der Waals surface area contributed by atoms with E-state index in [-0.39, 0.29) is 29.4 Å². The van der Waals surface area contributed by atoms with Crippen molar-refractivity contribution < 1.29 is 27.9 Å². The van der Waals surface area contributed by atoms with Crippen LogP contribution in [0.15, 0.2) is 59.5 Å². The lowest BCUT2D eigenvalue weighted by atomic mass is 9.79. The van der Waals surface area contributed by atoms with E-state index in [0.717, 1.165) is 56.5 Å². The molecule has 3 N–H and O–H groups in total. The van der Waals surface area contributed by atoms with E-state index in [1.165, 1.54) is 6.07 Å². The van der Waals surface area contributed by atoms with Crippen LogP contribution < -0.4 is 5.32 Å². The fraction of sp³-hybridized carbons (Fsp3) is 0.484. The molecule has 2 aliphatic heterocycles. The standard InChI is InChI=1S/C31H34F3N7O3/c32-31(33,34)20-3-4-25-22(16-20)29(39-44-25)38-18-27(42)41-15-9-23-24(41)8-14-40(23)21-6-10-30(43,11-7-21)26-5-2-19(17-37-26)28-35-12-1-13-36-28/h1-5,12-13,16-17,21,23-24,27,42-43H,6-11,14-15,18H2,(H,38,39)/t21-,23-,24-,27?,30+/m0/s1. The molecule has 10 nitrogen and oxygen atoms in total. The van der Waals surface area contributed by atoms with Crippen molar-refractivity contribution in [2.75, 3.05) is 25.0 Å². The van der Waals surface area contributed by atoms with Crippen molar-refractivity contribution in [1.82, 2.24) is 29.9 Å². The predicted octanol–water partition coefficient (Wildman–Crippen LogP) is 4.41. The van der Waals surface area contributed by atoms with Gasteiger partial charge >= 0.3 is 6.18 Å². The highest BCUT2D eigenvalue weighted by atomic mass is 19.4. The Morgan fingerprint density at radius 3 is 2.50 bits per heavy atom. The molecule has 5 heterocycles. The van der Waals surface area contributed by atoms with Gasteiger partial charge in [-0.15, -0.1) is 0 Å². The van der Waals surface area contributed by atoms with Crippen LogP contribution in [0.5, 0.6) is 0 Å². The highest BCUT2D eigenvalue weighted by molar-refractivity contribution is 5.88. The van der Waals surface area contributed by atoms with Gasteiger partial charge < -0.3 is 20.1 Å². The predicted molar refractivity (Wildman–Crippen MR) is 155 cm³/mol. The first-order valence-electron chi connectivity index (χ1n) is 15.1. The molecule has 1 unspecified atom stereocenters. The molecule has 0 spiro atoms. The van der Waals surface area contributed by atoms with Crippen LogP contribution in [0.2, 0.25) is 0 Å². The van der Waals surface area contributed by atoms with Crippen LogP contribution in [0, 0.1) is 0 Å². The molecule has 232 valence electrons. The SMILES string of the molecule is OC(CNc1noc2ccc(C(F)(F)F)cc12)N1CC[C@H]2[C@@H]1CCN2[C@H]1CC[C@](O)(c2ccc(-c3ncccn3)cn2)CC1. The van der Waals surface area contributed by atoms with Gasteiger partial charge in [0.25, 0.3) is 0 Å². The van der Waals surface area contributed by atoms with Crippen molar-refractivity contribution in [3.63, 3.8) is 0 Å². The molecule has 3 fully saturated rings. The molecule has 3 atom stereocenters. The lowest BCUT2D eigenvalue weighted by Gasteiger charge is -2.41. The van der Waals surface area contributed by atoms with Gasteiger partial charge in [0.1, 0.15) is 11.8 Å². The molecular weight excluding hydrogens is 575 g/mol. The van der Waals surface area contributed by atoms with E-state index >= 15 is 0 Å². The molecule has 1 saturated carbocycles. The fourth-order valence-electron chi connectivity index (χ4n) is 7.34. The van der Waals surface area contributed by atoms with Gasteiger partial charge in [0.05, 0.1) is 23.2 Å². The number of nitrogens with one attached hydrogen (secondary N) is 1. The molecule has 3 aliphatic rings. The summed E-state index contributed by atoms with van der Waals surface area (Å²) in [6.07, 6.45) is 4.61. The van der Waals surface area contributed by atoms with E-state index in [2.05, 4.69) is 35.2 Å². The highest BCUT2D eigenvalue weighted by Crippen LogP contribution is 2.42. The topological polar surface area (TPSA) is 124 Å². The molecule has 3 aromatic heterocycles. The summed E-state index contributed by atoms with van der Waals surface area (Å²) in [5, 5.41) is 29.7. The molecule has 0 radical (unpaired) electrons. The molecule has 13 heteroatoms. The first-order valence-corrected chi connectivity index (χ1v) is 15.1. The molecule has 4 aromatic rings. The number of hydrogen-bond donors (Lipinski definition) is 3. The number of aliphatic hydroxyl groups is 2. The Labute approximate surface area is 251 Å². The lowest BCUT2D eigenvalue weighted by Crippen LogP contribution is -2.48. The van der Waals surface area contributed by atoms with Gasteiger partial charge in [-0.1, -0.05) is 5.16 Å². The van der Waals surface area contributed by atoms with E-state index < -0.39 is 23.6 Å².